The molecule has 1 atom stereocenters. The van der Waals surface area contributed by atoms with Crippen molar-refractivity contribution in [2.45, 2.75) is 25.3 Å². The van der Waals surface area contributed by atoms with Gasteiger partial charge in [0.15, 0.2) is 0 Å². The lowest BCUT2D eigenvalue weighted by atomic mass is 10.1. The highest BCUT2D eigenvalue weighted by Gasteiger charge is 2.13. The first-order chi connectivity index (χ1) is 8.63. The molecule has 0 aliphatic carbocycles. The van der Waals surface area contributed by atoms with Gasteiger partial charge in [0.1, 0.15) is 5.75 Å². The fourth-order valence-electron chi connectivity index (χ4n) is 1.51. The summed E-state index contributed by atoms with van der Waals surface area (Å²) in [7, 11) is 0. The number of aromatic hydroxyl groups is 1. The van der Waals surface area contributed by atoms with E-state index < -0.39 is 6.04 Å². The molecule has 4 N–H and O–H groups in total. The molecular weight excluding hydrogens is 228 g/mol. The smallest absolute Gasteiger partial charge is 0.237 e. The van der Waals surface area contributed by atoms with Gasteiger partial charge in [-0.15, -0.1) is 12.3 Å². The van der Waals surface area contributed by atoms with E-state index in [2.05, 4.69) is 11.2 Å². The van der Waals surface area contributed by atoms with E-state index in [9.17, 15) is 4.79 Å². The second-order valence-electron chi connectivity index (χ2n) is 4.08. The Morgan fingerprint density at radius 3 is 2.72 bits per heavy atom. The van der Waals surface area contributed by atoms with Gasteiger partial charge >= 0.3 is 0 Å². The van der Waals surface area contributed by atoms with Gasteiger partial charge in [-0.3, -0.25) is 4.79 Å². The number of phenolic OH excluding ortho intramolecular Hbond substituents is 1. The van der Waals surface area contributed by atoms with Gasteiger partial charge in [-0.1, -0.05) is 12.1 Å². The lowest BCUT2D eigenvalue weighted by molar-refractivity contribution is -0.122. The van der Waals surface area contributed by atoms with Gasteiger partial charge < -0.3 is 16.2 Å². The highest BCUT2D eigenvalue weighted by atomic mass is 16.3. The van der Waals surface area contributed by atoms with Gasteiger partial charge in [0.25, 0.3) is 0 Å². The minimum atomic E-state index is -0.583. The summed E-state index contributed by atoms with van der Waals surface area (Å²) in [6, 6.07) is 6.07. The van der Waals surface area contributed by atoms with Crippen LogP contribution in [-0.4, -0.2) is 23.6 Å². The zero-order valence-corrected chi connectivity index (χ0v) is 10.2. The maximum atomic E-state index is 11.6. The van der Waals surface area contributed by atoms with Crippen LogP contribution in [0.15, 0.2) is 24.3 Å². The number of carbonyl (C=O) groups excluding carboxylic acids is 1. The second kappa shape index (κ2) is 7.36. The third-order valence-electron chi connectivity index (χ3n) is 2.53. The van der Waals surface area contributed by atoms with Crippen LogP contribution in [0.3, 0.4) is 0 Å². The molecule has 0 heterocycles. The molecule has 0 saturated carbocycles. The first kappa shape index (κ1) is 14.1. The van der Waals surface area contributed by atoms with E-state index in [4.69, 9.17) is 17.3 Å². The summed E-state index contributed by atoms with van der Waals surface area (Å²) in [4.78, 5) is 11.6. The summed E-state index contributed by atoms with van der Waals surface area (Å²) >= 11 is 0. The SMILES string of the molecule is C#CCCCNC(=O)[C@@H](N)Cc1ccc(O)cc1. The first-order valence-corrected chi connectivity index (χ1v) is 5.88. The van der Waals surface area contributed by atoms with Crippen LogP contribution in [-0.2, 0) is 11.2 Å². The van der Waals surface area contributed by atoms with Crippen LogP contribution in [0.4, 0.5) is 0 Å². The molecule has 1 rings (SSSR count). The average molecular weight is 246 g/mol. The fraction of sp³-hybridized carbons (Fsp3) is 0.357. The number of hydrogen-bond donors (Lipinski definition) is 3. The van der Waals surface area contributed by atoms with E-state index in [1.807, 2.05) is 0 Å². The lowest BCUT2D eigenvalue weighted by Gasteiger charge is -2.12. The Hall–Kier alpha value is -1.99. The van der Waals surface area contributed by atoms with Crippen LogP contribution in [0, 0.1) is 12.3 Å². The monoisotopic (exact) mass is 246 g/mol. The van der Waals surface area contributed by atoms with Crippen molar-refractivity contribution in [3.63, 3.8) is 0 Å². The average Bonchev–Trinajstić information content (AvgIpc) is 2.37. The van der Waals surface area contributed by atoms with Crippen LogP contribution < -0.4 is 11.1 Å². The van der Waals surface area contributed by atoms with Crippen LogP contribution in [0.5, 0.6) is 5.75 Å². The van der Waals surface area contributed by atoms with E-state index in [-0.39, 0.29) is 11.7 Å². The number of nitrogens with one attached hydrogen (secondary N) is 1. The second-order valence-corrected chi connectivity index (χ2v) is 4.08. The Morgan fingerprint density at radius 1 is 1.44 bits per heavy atom. The van der Waals surface area contributed by atoms with Gasteiger partial charge in [0.2, 0.25) is 5.91 Å². The van der Waals surface area contributed by atoms with Crippen molar-refractivity contribution in [3.05, 3.63) is 29.8 Å². The maximum Gasteiger partial charge on any atom is 0.237 e. The van der Waals surface area contributed by atoms with E-state index in [1.165, 1.54) is 0 Å². The molecule has 0 radical (unpaired) electrons. The molecule has 0 aliphatic heterocycles. The standard InChI is InChI=1S/C14H18N2O2/c1-2-3-4-9-16-14(18)13(15)10-11-5-7-12(17)8-6-11/h1,5-8,13,17H,3-4,9-10,15H2,(H,16,18)/t13-/m0/s1. The summed E-state index contributed by atoms with van der Waals surface area (Å²) in [6.07, 6.45) is 6.96. The third-order valence-corrected chi connectivity index (χ3v) is 2.53. The van der Waals surface area contributed by atoms with Gasteiger partial charge in [0.05, 0.1) is 6.04 Å². The number of hydrogen-bond acceptors (Lipinski definition) is 3. The number of phenols is 1. The summed E-state index contributed by atoms with van der Waals surface area (Å²) in [5.41, 5.74) is 6.70. The molecule has 0 bridgehead atoms. The number of terminal acetylenes is 1. The van der Waals surface area contributed by atoms with Crippen LogP contribution in [0.25, 0.3) is 0 Å². The van der Waals surface area contributed by atoms with Gasteiger partial charge in [-0.25, -0.2) is 0 Å². The topological polar surface area (TPSA) is 75.4 Å². The van der Waals surface area contributed by atoms with Gasteiger partial charge in [0, 0.05) is 13.0 Å². The molecule has 0 unspecified atom stereocenters. The van der Waals surface area contributed by atoms with Crippen molar-refractivity contribution in [2.75, 3.05) is 6.54 Å². The zero-order chi connectivity index (χ0) is 13.4. The molecule has 1 amide bonds. The Morgan fingerprint density at radius 2 is 2.11 bits per heavy atom. The minimum Gasteiger partial charge on any atom is -0.508 e. The van der Waals surface area contributed by atoms with Crippen molar-refractivity contribution < 1.29 is 9.90 Å². The summed E-state index contributed by atoms with van der Waals surface area (Å²) in [6.45, 7) is 0.548. The molecule has 1 aromatic rings. The van der Waals surface area contributed by atoms with Gasteiger partial charge in [-0.2, -0.15) is 0 Å². The third kappa shape index (κ3) is 4.89. The van der Waals surface area contributed by atoms with Gasteiger partial charge in [-0.05, 0) is 30.5 Å². The summed E-state index contributed by atoms with van der Waals surface area (Å²) in [5.74, 6) is 2.53. The summed E-state index contributed by atoms with van der Waals surface area (Å²) in [5, 5.41) is 11.9. The van der Waals surface area contributed by atoms with E-state index >= 15 is 0 Å². The van der Waals surface area contributed by atoms with Crippen LogP contribution in [0.1, 0.15) is 18.4 Å². The highest BCUT2D eigenvalue weighted by Crippen LogP contribution is 2.10. The molecule has 0 fully saturated rings. The molecule has 0 aromatic heterocycles. The molecule has 0 saturated heterocycles. The van der Waals surface area contributed by atoms with Crippen LogP contribution in [0.2, 0.25) is 0 Å². The Labute approximate surface area is 107 Å². The highest BCUT2D eigenvalue weighted by molar-refractivity contribution is 5.81. The number of unbranched alkanes of at least 4 members (excludes halogenated alkanes) is 1. The Bertz CT molecular complexity index is 420. The molecule has 4 nitrogen and oxygen atoms in total. The number of nitrogens with two attached hydrogens (primary N) is 1. The number of amides is 1. The molecule has 1 aromatic carbocycles. The molecule has 4 heteroatoms. The minimum absolute atomic E-state index is 0.180. The van der Waals surface area contributed by atoms with Crippen LogP contribution >= 0.6 is 0 Å². The number of rotatable bonds is 6. The fourth-order valence-corrected chi connectivity index (χ4v) is 1.51. The molecule has 18 heavy (non-hydrogen) atoms. The molecular formula is C14H18N2O2. The normalized spacial score (nSPS) is 11.6. The Kier molecular flexibility index (Phi) is 5.75. The van der Waals surface area contributed by atoms with E-state index in [1.54, 1.807) is 24.3 Å². The molecule has 96 valence electrons. The summed E-state index contributed by atoms with van der Waals surface area (Å²) < 4.78 is 0. The van der Waals surface area contributed by atoms with Crippen molar-refractivity contribution in [3.8, 4) is 18.1 Å². The quantitative estimate of drug-likeness (QED) is 0.513. The predicted molar refractivity (Wildman–Crippen MR) is 70.9 cm³/mol. The van der Waals surface area contributed by atoms with E-state index in [0.29, 0.717) is 19.4 Å². The predicted octanol–water partition coefficient (Wildman–Crippen LogP) is 0.792. The molecule has 0 spiro atoms. The van der Waals surface area contributed by atoms with Crippen molar-refractivity contribution in [2.24, 2.45) is 5.73 Å². The van der Waals surface area contributed by atoms with Crippen molar-refractivity contribution >= 4 is 5.91 Å². The first-order valence-electron chi connectivity index (χ1n) is 5.88. The largest absolute Gasteiger partial charge is 0.508 e. The van der Waals surface area contributed by atoms with Crippen molar-refractivity contribution in [1.29, 1.82) is 0 Å². The van der Waals surface area contributed by atoms with E-state index in [0.717, 1.165) is 12.0 Å². The zero-order valence-electron chi connectivity index (χ0n) is 10.2. The maximum absolute atomic E-state index is 11.6. The van der Waals surface area contributed by atoms with Crippen molar-refractivity contribution in [1.82, 2.24) is 5.32 Å². The lowest BCUT2D eigenvalue weighted by Crippen LogP contribution is -2.42. The number of carbonyl (C=O) groups is 1. The molecule has 0 aliphatic rings. The Balaban J connectivity index is 2.35. The number of benzene rings is 1.